The molecule has 2 aliphatic carbocycles. The number of hydrogen-bond donors (Lipinski definition) is 1. The Kier molecular flexibility index (Phi) is 4.42. The summed E-state index contributed by atoms with van der Waals surface area (Å²) in [5.41, 5.74) is 6.12. The van der Waals surface area contributed by atoms with E-state index in [1.165, 1.54) is 32.1 Å². The minimum absolute atomic E-state index is 0.193. The molecule has 0 saturated heterocycles. The predicted molar refractivity (Wildman–Crippen MR) is 69.7 cm³/mol. The number of hydrogen-bond acceptors (Lipinski definition) is 2. The molecule has 0 spiro atoms. The van der Waals surface area contributed by atoms with Crippen molar-refractivity contribution in [1.29, 1.82) is 0 Å². The lowest BCUT2D eigenvalue weighted by molar-refractivity contribution is 0.352. The molecule has 16 heavy (non-hydrogen) atoms. The van der Waals surface area contributed by atoms with Gasteiger partial charge < -0.3 is 5.73 Å². The van der Waals surface area contributed by atoms with Crippen molar-refractivity contribution < 1.29 is 4.21 Å². The Morgan fingerprint density at radius 3 is 2.56 bits per heavy atom. The summed E-state index contributed by atoms with van der Waals surface area (Å²) in [5.74, 6) is 2.37. The van der Waals surface area contributed by atoms with E-state index in [-0.39, 0.29) is 11.3 Å². The zero-order chi connectivity index (χ0) is 11.5. The molecule has 4 atom stereocenters. The Bertz CT molecular complexity index is 250. The van der Waals surface area contributed by atoms with Crippen LogP contribution in [0.5, 0.6) is 0 Å². The number of nitrogens with two attached hydrogens (primary N) is 1. The van der Waals surface area contributed by atoms with Gasteiger partial charge in [-0.25, -0.2) is 0 Å². The van der Waals surface area contributed by atoms with Crippen molar-refractivity contribution in [2.45, 2.75) is 63.2 Å². The molecule has 0 aromatic heterocycles. The highest BCUT2D eigenvalue weighted by atomic mass is 32.2. The fraction of sp³-hybridized carbons (Fsp3) is 1.00. The minimum Gasteiger partial charge on any atom is -0.327 e. The van der Waals surface area contributed by atoms with Crippen LogP contribution in [0, 0.1) is 11.8 Å². The Morgan fingerprint density at radius 2 is 1.88 bits per heavy atom. The molecule has 2 rings (SSSR count). The van der Waals surface area contributed by atoms with Gasteiger partial charge >= 0.3 is 0 Å². The first-order valence-electron chi connectivity index (χ1n) is 6.79. The second-order valence-electron chi connectivity index (χ2n) is 5.82. The topological polar surface area (TPSA) is 43.1 Å². The highest BCUT2D eigenvalue weighted by molar-refractivity contribution is 7.85. The maximum Gasteiger partial charge on any atom is 0.0501 e. The van der Waals surface area contributed by atoms with Crippen LogP contribution in [0.3, 0.4) is 0 Å². The molecule has 0 amide bonds. The lowest BCUT2D eigenvalue weighted by Gasteiger charge is -2.32. The van der Waals surface area contributed by atoms with E-state index in [1.807, 2.05) is 0 Å². The third-order valence-electron chi connectivity index (χ3n) is 4.32. The predicted octanol–water partition coefficient (Wildman–Crippen LogP) is 2.44. The van der Waals surface area contributed by atoms with Crippen molar-refractivity contribution in [1.82, 2.24) is 0 Å². The van der Waals surface area contributed by atoms with E-state index in [4.69, 9.17) is 5.73 Å². The molecule has 2 fully saturated rings. The van der Waals surface area contributed by atoms with Crippen LogP contribution in [-0.2, 0) is 10.8 Å². The molecule has 3 heteroatoms. The summed E-state index contributed by atoms with van der Waals surface area (Å²) in [6.45, 7) is 2.27. The van der Waals surface area contributed by atoms with Crippen LogP contribution >= 0.6 is 0 Å². The van der Waals surface area contributed by atoms with Gasteiger partial charge in [-0.05, 0) is 43.9 Å². The van der Waals surface area contributed by atoms with Gasteiger partial charge in [-0.3, -0.25) is 4.21 Å². The zero-order valence-corrected chi connectivity index (χ0v) is 11.2. The van der Waals surface area contributed by atoms with Gasteiger partial charge in [0.2, 0.25) is 0 Å². The van der Waals surface area contributed by atoms with E-state index in [1.54, 1.807) is 0 Å². The Morgan fingerprint density at radius 1 is 1.19 bits per heavy atom. The molecule has 0 aromatic carbocycles. The highest BCUT2D eigenvalue weighted by Crippen LogP contribution is 2.30. The molecule has 0 bridgehead atoms. The average Bonchev–Trinajstić information content (AvgIpc) is 2.74. The largest absolute Gasteiger partial charge is 0.327 e. The summed E-state index contributed by atoms with van der Waals surface area (Å²) in [7, 11) is -0.672. The third-order valence-corrected chi connectivity index (χ3v) is 6.33. The van der Waals surface area contributed by atoms with Crippen molar-refractivity contribution in [2.24, 2.45) is 17.6 Å². The molecule has 2 saturated carbocycles. The van der Waals surface area contributed by atoms with Crippen LogP contribution in [0.15, 0.2) is 0 Å². The van der Waals surface area contributed by atoms with E-state index in [0.717, 1.165) is 30.4 Å². The second kappa shape index (κ2) is 5.63. The molecule has 94 valence electrons. The molecule has 2 nitrogen and oxygen atoms in total. The summed E-state index contributed by atoms with van der Waals surface area (Å²) in [6.07, 6.45) is 8.65. The summed E-state index contributed by atoms with van der Waals surface area (Å²) < 4.78 is 12.3. The van der Waals surface area contributed by atoms with Gasteiger partial charge in [0, 0.05) is 22.6 Å². The SMILES string of the molecule is CC1CCC(N)C(S(=O)CC2CCCC2)C1. The van der Waals surface area contributed by atoms with Gasteiger partial charge in [0.05, 0.1) is 5.25 Å². The maximum atomic E-state index is 12.3. The molecule has 0 heterocycles. The molecule has 4 unspecified atom stereocenters. The van der Waals surface area contributed by atoms with Crippen LogP contribution in [-0.4, -0.2) is 21.3 Å². The van der Waals surface area contributed by atoms with E-state index >= 15 is 0 Å². The second-order valence-corrected chi connectivity index (χ2v) is 7.52. The van der Waals surface area contributed by atoms with Gasteiger partial charge in [0.1, 0.15) is 0 Å². The van der Waals surface area contributed by atoms with Gasteiger partial charge in [-0.15, -0.1) is 0 Å². The van der Waals surface area contributed by atoms with Crippen LogP contribution in [0.25, 0.3) is 0 Å². The van der Waals surface area contributed by atoms with Crippen molar-refractivity contribution in [2.75, 3.05) is 5.75 Å². The summed E-state index contributed by atoms with van der Waals surface area (Å²) in [4.78, 5) is 0. The quantitative estimate of drug-likeness (QED) is 0.827. The average molecular weight is 243 g/mol. The third kappa shape index (κ3) is 3.07. The van der Waals surface area contributed by atoms with Gasteiger partial charge in [0.25, 0.3) is 0 Å². The van der Waals surface area contributed by atoms with Crippen LogP contribution in [0.1, 0.15) is 51.9 Å². The van der Waals surface area contributed by atoms with E-state index in [0.29, 0.717) is 0 Å². The maximum absolute atomic E-state index is 12.3. The van der Waals surface area contributed by atoms with E-state index < -0.39 is 10.8 Å². The van der Waals surface area contributed by atoms with E-state index in [9.17, 15) is 4.21 Å². The first-order chi connectivity index (χ1) is 7.66. The van der Waals surface area contributed by atoms with Crippen LogP contribution in [0.4, 0.5) is 0 Å². The van der Waals surface area contributed by atoms with Crippen LogP contribution in [0.2, 0.25) is 0 Å². The summed E-state index contributed by atoms with van der Waals surface area (Å²) in [5, 5.41) is 0.282. The molecular formula is C13H25NOS. The van der Waals surface area contributed by atoms with Crippen LogP contribution < -0.4 is 5.73 Å². The normalized spacial score (nSPS) is 38.8. The monoisotopic (exact) mass is 243 g/mol. The Hall–Kier alpha value is 0.110. The van der Waals surface area contributed by atoms with Crippen molar-refractivity contribution in [3.8, 4) is 0 Å². The van der Waals surface area contributed by atoms with Crippen molar-refractivity contribution in [3.05, 3.63) is 0 Å². The molecule has 2 aliphatic rings. The fourth-order valence-electron chi connectivity index (χ4n) is 3.19. The van der Waals surface area contributed by atoms with Crippen molar-refractivity contribution >= 4 is 10.8 Å². The lowest BCUT2D eigenvalue weighted by atomic mass is 9.87. The molecule has 0 aliphatic heterocycles. The molecular weight excluding hydrogens is 218 g/mol. The first kappa shape index (κ1) is 12.6. The highest BCUT2D eigenvalue weighted by Gasteiger charge is 2.31. The lowest BCUT2D eigenvalue weighted by Crippen LogP contribution is -2.43. The van der Waals surface area contributed by atoms with Gasteiger partial charge in [-0.2, -0.15) is 0 Å². The zero-order valence-electron chi connectivity index (χ0n) is 10.4. The summed E-state index contributed by atoms with van der Waals surface area (Å²) in [6, 6.07) is 0.193. The standard InChI is InChI=1S/C13H25NOS/c1-10-6-7-12(14)13(8-10)16(15)9-11-4-2-3-5-11/h10-13H,2-9,14H2,1H3. The van der Waals surface area contributed by atoms with Gasteiger partial charge in [0.15, 0.2) is 0 Å². The minimum atomic E-state index is -0.672. The van der Waals surface area contributed by atoms with Crippen molar-refractivity contribution in [3.63, 3.8) is 0 Å². The van der Waals surface area contributed by atoms with E-state index in [2.05, 4.69) is 6.92 Å². The number of rotatable bonds is 3. The Labute approximate surface area is 102 Å². The molecule has 0 aromatic rings. The smallest absolute Gasteiger partial charge is 0.0501 e. The van der Waals surface area contributed by atoms with Gasteiger partial charge in [-0.1, -0.05) is 19.8 Å². The molecule has 0 radical (unpaired) electrons. The summed E-state index contributed by atoms with van der Waals surface area (Å²) >= 11 is 0. The fourth-order valence-corrected chi connectivity index (χ4v) is 5.30. The first-order valence-corrected chi connectivity index (χ1v) is 8.17. The Balaban J connectivity index is 1.86. The molecule has 2 N–H and O–H groups in total.